The smallest absolute Gasteiger partial charge is 0.324 e. The van der Waals surface area contributed by atoms with Crippen molar-refractivity contribution >= 4 is 18.4 Å². The molecule has 0 fully saturated rings. The molecule has 2 aromatic heterocycles. The molecule has 0 saturated carbocycles. The minimum atomic E-state index is -4.45. The average Bonchev–Trinajstić information content (AvgIpc) is 2.84. The first-order valence-electron chi connectivity index (χ1n) is 10.8. The van der Waals surface area contributed by atoms with E-state index in [1.54, 1.807) is 24.5 Å². The van der Waals surface area contributed by atoms with Crippen molar-refractivity contribution in [3.05, 3.63) is 115 Å². The Bertz CT molecular complexity index is 1420. The van der Waals surface area contributed by atoms with E-state index in [-0.39, 0.29) is 12.8 Å². The van der Waals surface area contributed by atoms with E-state index in [9.17, 15) is 14.4 Å². The van der Waals surface area contributed by atoms with Crippen LogP contribution in [0.4, 0.5) is 0 Å². The van der Waals surface area contributed by atoms with Gasteiger partial charge in [-0.2, -0.15) is 4.57 Å². The van der Waals surface area contributed by atoms with Gasteiger partial charge in [-0.1, -0.05) is 54.6 Å². The first-order valence-corrected chi connectivity index (χ1v) is 12.4. The molecule has 1 aliphatic carbocycles. The topological polar surface area (TPSA) is 74.3 Å². The Labute approximate surface area is 192 Å². The van der Waals surface area contributed by atoms with Gasteiger partial charge in [0.2, 0.25) is 5.69 Å². The lowest BCUT2D eigenvalue weighted by Gasteiger charge is -2.31. The quantitative estimate of drug-likeness (QED) is 0.322. The Morgan fingerprint density at radius 1 is 0.939 bits per heavy atom. The first-order chi connectivity index (χ1) is 16.0. The molecule has 2 N–H and O–H groups in total. The van der Waals surface area contributed by atoms with Crippen LogP contribution in [0.25, 0.3) is 27.6 Å². The second-order valence-electron chi connectivity index (χ2n) is 8.33. The first kappa shape index (κ1) is 21.5. The number of allylic oxidation sites excluding steroid dienone is 4. The summed E-state index contributed by atoms with van der Waals surface area (Å²) in [5, 5.41) is 0.898. The van der Waals surface area contributed by atoms with Gasteiger partial charge in [0.15, 0.2) is 11.9 Å². The third kappa shape index (κ3) is 4.07. The Hall–Kier alpha value is -3.37. The molecule has 0 spiro atoms. The SMILES string of the molecule is O=P(O)(O)C1(Cc2cc(-c3ccncc3)cc[n+]2-c2cccc3ccccc23)C=CC=CC1. The Morgan fingerprint density at radius 3 is 2.48 bits per heavy atom. The largest absolute Gasteiger partial charge is 0.336 e. The normalized spacial score (nSPS) is 18.0. The van der Waals surface area contributed by atoms with Crippen molar-refractivity contribution in [3.63, 3.8) is 0 Å². The summed E-state index contributed by atoms with van der Waals surface area (Å²) >= 11 is 0. The van der Waals surface area contributed by atoms with E-state index in [0.29, 0.717) is 0 Å². The fourth-order valence-corrected chi connectivity index (χ4v) is 5.47. The summed E-state index contributed by atoms with van der Waals surface area (Å²) in [6.45, 7) is 0. The highest BCUT2D eigenvalue weighted by molar-refractivity contribution is 7.53. The van der Waals surface area contributed by atoms with Crippen molar-refractivity contribution in [3.8, 4) is 16.8 Å². The van der Waals surface area contributed by atoms with Crippen molar-refractivity contribution < 1.29 is 18.9 Å². The van der Waals surface area contributed by atoms with E-state index in [1.165, 1.54) is 0 Å². The van der Waals surface area contributed by atoms with Crippen LogP contribution in [0.15, 0.2) is 110 Å². The molecule has 164 valence electrons. The Kier molecular flexibility index (Phi) is 5.55. The molecule has 0 aliphatic heterocycles. The van der Waals surface area contributed by atoms with Crippen molar-refractivity contribution in [2.45, 2.75) is 18.0 Å². The highest BCUT2D eigenvalue weighted by atomic mass is 31.2. The van der Waals surface area contributed by atoms with Crippen LogP contribution in [-0.2, 0) is 11.0 Å². The van der Waals surface area contributed by atoms with E-state index in [4.69, 9.17) is 0 Å². The predicted molar refractivity (Wildman–Crippen MR) is 130 cm³/mol. The molecule has 1 atom stereocenters. The van der Waals surface area contributed by atoms with Crippen LogP contribution in [0, 0.1) is 0 Å². The van der Waals surface area contributed by atoms with Crippen LogP contribution in [0.3, 0.4) is 0 Å². The summed E-state index contributed by atoms with van der Waals surface area (Å²) in [6, 6.07) is 22.2. The molecule has 33 heavy (non-hydrogen) atoms. The van der Waals surface area contributed by atoms with Gasteiger partial charge >= 0.3 is 7.60 Å². The number of pyridine rings is 2. The summed E-state index contributed by atoms with van der Waals surface area (Å²) in [4.78, 5) is 24.9. The highest BCUT2D eigenvalue weighted by Crippen LogP contribution is 2.56. The van der Waals surface area contributed by atoms with Gasteiger partial charge in [-0.05, 0) is 41.1 Å². The van der Waals surface area contributed by atoms with Gasteiger partial charge in [-0.25, -0.2) is 0 Å². The van der Waals surface area contributed by atoms with E-state index < -0.39 is 12.8 Å². The third-order valence-corrected chi connectivity index (χ3v) is 7.92. The average molecular weight is 455 g/mol. The second-order valence-corrected chi connectivity index (χ2v) is 10.3. The molecule has 5 nitrogen and oxygen atoms in total. The maximum atomic E-state index is 12.7. The number of rotatable bonds is 5. The van der Waals surface area contributed by atoms with Gasteiger partial charge in [-0.3, -0.25) is 9.55 Å². The maximum absolute atomic E-state index is 12.7. The zero-order valence-electron chi connectivity index (χ0n) is 18.0. The summed E-state index contributed by atoms with van der Waals surface area (Å²) in [6.07, 6.45) is 13.0. The van der Waals surface area contributed by atoms with Gasteiger partial charge in [0.05, 0.1) is 11.8 Å². The van der Waals surface area contributed by atoms with Crippen molar-refractivity contribution in [2.24, 2.45) is 0 Å². The predicted octanol–water partition coefficient (Wildman–Crippen LogP) is 5.15. The van der Waals surface area contributed by atoms with E-state index >= 15 is 0 Å². The molecule has 0 bridgehead atoms. The molecule has 4 aromatic rings. The molecule has 5 rings (SSSR count). The summed E-state index contributed by atoms with van der Waals surface area (Å²) < 4.78 is 14.8. The van der Waals surface area contributed by atoms with E-state index in [1.807, 2.05) is 66.9 Å². The second kappa shape index (κ2) is 8.53. The van der Waals surface area contributed by atoms with Crippen molar-refractivity contribution in [1.82, 2.24) is 4.98 Å². The lowest BCUT2D eigenvalue weighted by molar-refractivity contribution is -0.603. The van der Waals surface area contributed by atoms with Crippen LogP contribution in [-0.4, -0.2) is 19.9 Å². The summed E-state index contributed by atoms with van der Waals surface area (Å²) in [7, 11) is -4.45. The van der Waals surface area contributed by atoms with Crippen LogP contribution in [0.2, 0.25) is 0 Å². The summed E-state index contributed by atoms with van der Waals surface area (Å²) in [5.41, 5.74) is 3.77. The monoisotopic (exact) mass is 455 g/mol. The lowest BCUT2D eigenvalue weighted by atomic mass is 9.92. The summed E-state index contributed by atoms with van der Waals surface area (Å²) in [5.74, 6) is 0. The standard InChI is InChI=1S/C27H23N2O3P/c30-33(31,32)27(14-4-1-5-15-27)20-24-19-23(21-11-16-28-17-12-21)13-18-29(24)26-10-6-8-22-7-2-3-9-25(22)26/h1-14,16-19H,15,20H2,(H-,30,31,32)/p+1. The van der Waals surface area contributed by atoms with Crippen LogP contribution in [0.5, 0.6) is 0 Å². The zero-order chi connectivity index (χ0) is 22.9. The molecule has 2 aromatic carbocycles. The van der Waals surface area contributed by atoms with Gasteiger partial charge in [0.1, 0.15) is 5.16 Å². The van der Waals surface area contributed by atoms with E-state index in [0.717, 1.165) is 33.3 Å². The molecule has 1 aliphatic rings. The highest BCUT2D eigenvalue weighted by Gasteiger charge is 2.46. The van der Waals surface area contributed by atoms with E-state index in [2.05, 4.69) is 27.8 Å². The van der Waals surface area contributed by atoms with Gasteiger partial charge in [0, 0.05) is 30.6 Å². The number of hydrogen-bond donors (Lipinski definition) is 2. The Balaban J connectivity index is 1.72. The fraction of sp³-hybridized carbons (Fsp3) is 0.111. The van der Waals surface area contributed by atoms with Gasteiger partial charge < -0.3 is 9.79 Å². The molecule has 1 unspecified atom stereocenters. The Morgan fingerprint density at radius 2 is 1.73 bits per heavy atom. The van der Waals surface area contributed by atoms with Crippen molar-refractivity contribution in [1.29, 1.82) is 0 Å². The number of aromatic nitrogens is 2. The minimum Gasteiger partial charge on any atom is -0.324 e. The number of fused-ring (bicyclic) bond motifs is 1. The molecule has 2 heterocycles. The minimum absolute atomic E-state index is 0.195. The van der Waals surface area contributed by atoms with Gasteiger partial charge in [-0.15, -0.1) is 0 Å². The molecular formula is C27H24N2O3P+. The van der Waals surface area contributed by atoms with Crippen LogP contribution in [0.1, 0.15) is 12.1 Å². The van der Waals surface area contributed by atoms with Gasteiger partial charge in [0.25, 0.3) is 0 Å². The molecule has 6 heteroatoms. The molecule has 0 amide bonds. The fourth-order valence-electron chi connectivity index (χ4n) is 4.48. The molecule has 0 saturated heterocycles. The van der Waals surface area contributed by atoms with Crippen LogP contribution >= 0.6 is 7.60 Å². The number of benzene rings is 2. The van der Waals surface area contributed by atoms with Crippen LogP contribution < -0.4 is 4.57 Å². The number of nitrogens with zero attached hydrogens (tertiary/aromatic N) is 2. The van der Waals surface area contributed by atoms with Crippen molar-refractivity contribution in [2.75, 3.05) is 0 Å². The third-order valence-electron chi connectivity index (χ3n) is 6.27. The number of hydrogen-bond acceptors (Lipinski definition) is 2. The molecular weight excluding hydrogens is 431 g/mol. The maximum Gasteiger partial charge on any atom is 0.336 e. The zero-order valence-corrected chi connectivity index (χ0v) is 18.8. The lowest BCUT2D eigenvalue weighted by Crippen LogP contribution is -2.41. The molecule has 0 radical (unpaired) electrons.